The van der Waals surface area contributed by atoms with E-state index in [-0.39, 0.29) is 5.69 Å². The number of rotatable bonds is 5. The van der Waals surface area contributed by atoms with Crippen molar-refractivity contribution in [3.05, 3.63) is 70.3 Å². The molecule has 112 valence electrons. The van der Waals surface area contributed by atoms with Crippen molar-refractivity contribution in [1.82, 2.24) is 0 Å². The first kappa shape index (κ1) is 15.2. The minimum Gasteiger partial charge on any atom is -0.497 e. The van der Waals surface area contributed by atoms with E-state index < -0.39 is 10.9 Å². The Bertz CT molecular complexity index is 689. The lowest BCUT2D eigenvalue weighted by molar-refractivity contribution is -0.384. The monoisotopic (exact) mass is 299 g/mol. The first-order valence-electron chi connectivity index (χ1n) is 6.37. The van der Waals surface area contributed by atoms with E-state index in [4.69, 9.17) is 9.47 Å². The van der Waals surface area contributed by atoms with Gasteiger partial charge in [0.25, 0.3) is 5.69 Å². The quantitative estimate of drug-likeness (QED) is 0.278. The highest BCUT2D eigenvalue weighted by Crippen LogP contribution is 2.17. The molecule has 0 fully saturated rings. The molecule has 0 aliphatic rings. The molecule has 0 aliphatic heterocycles. The molecule has 0 N–H and O–H groups in total. The van der Waals surface area contributed by atoms with Crippen LogP contribution in [0.5, 0.6) is 11.5 Å². The van der Waals surface area contributed by atoms with E-state index in [1.54, 1.807) is 43.5 Å². The van der Waals surface area contributed by atoms with Crippen LogP contribution in [0.3, 0.4) is 0 Å². The van der Waals surface area contributed by atoms with Crippen molar-refractivity contribution >= 4 is 17.7 Å². The predicted molar refractivity (Wildman–Crippen MR) is 80.8 cm³/mol. The molecule has 0 spiro atoms. The van der Waals surface area contributed by atoms with Crippen molar-refractivity contribution < 1.29 is 19.2 Å². The molecular formula is C16H13NO5. The van der Waals surface area contributed by atoms with Crippen LogP contribution >= 0.6 is 0 Å². The molecule has 0 unspecified atom stereocenters. The van der Waals surface area contributed by atoms with Gasteiger partial charge in [-0.3, -0.25) is 10.1 Å². The number of nitro groups is 1. The molecule has 0 saturated carbocycles. The summed E-state index contributed by atoms with van der Waals surface area (Å²) in [7, 11) is 1.55. The fraction of sp³-hybridized carbons (Fsp3) is 0.0625. The molecule has 2 aromatic carbocycles. The number of ether oxygens (including phenoxy) is 2. The van der Waals surface area contributed by atoms with Crippen molar-refractivity contribution in [2.24, 2.45) is 0 Å². The van der Waals surface area contributed by atoms with Gasteiger partial charge in [0.2, 0.25) is 0 Å². The number of carbonyl (C=O) groups is 1. The van der Waals surface area contributed by atoms with E-state index >= 15 is 0 Å². The van der Waals surface area contributed by atoms with Gasteiger partial charge in [0.05, 0.1) is 12.0 Å². The van der Waals surface area contributed by atoms with Gasteiger partial charge in [0, 0.05) is 18.2 Å². The number of hydrogen-bond acceptors (Lipinski definition) is 5. The van der Waals surface area contributed by atoms with Crippen LogP contribution in [0, 0.1) is 10.1 Å². The SMILES string of the molecule is COc1ccc(OC(=O)C=Cc2ccc([N+](=O)[O-])cc2)cc1. The van der Waals surface area contributed by atoms with Gasteiger partial charge in [-0.1, -0.05) is 0 Å². The highest BCUT2D eigenvalue weighted by Gasteiger charge is 2.04. The normalized spacial score (nSPS) is 10.4. The van der Waals surface area contributed by atoms with E-state index in [1.807, 2.05) is 0 Å². The number of methoxy groups -OCH3 is 1. The molecule has 0 saturated heterocycles. The van der Waals surface area contributed by atoms with Crippen LogP contribution in [0.2, 0.25) is 0 Å². The lowest BCUT2D eigenvalue weighted by Crippen LogP contribution is -2.03. The first-order chi connectivity index (χ1) is 10.6. The molecule has 0 amide bonds. The maximum absolute atomic E-state index is 11.7. The molecule has 2 aromatic rings. The average Bonchev–Trinajstić information content (AvgIpc) is 2.54. The second kappa shape index (κ2) is 7.03. The van der Waals surface area contributed by atoms with Crippen molar-refractivity contribution in [2.45, 2.75) is 0 Å². The third-order valence-corrected chi connectivity index (χ3v) is 2.79. The average molecular weight is 299 g/mol. The van der Waals surface area contributed by atoms with Crippen LogP contribution in [0.1, 0.15) is 5.56 Å². The Hall–Kier alpha value is -3.15. The Morgan fingerprint density at radius 2 is 1.64 bits per heavy atom. The number of esters is 1. The second-order valence-corrected chi connectivity index (χ2v) is 4.28. The highest BCUT2D eigenvalue weighted by molar-refractivity contribution is 5.88. The van der Waals surface area contributed by atoms with Crippen LogP contribution < -0.4 is 9.47 Å². The first-order valence-corrected chi connectivity index (χ1v) is 6.37. The van der Waals surface area contributed by atoms with Gasteiger partial charge in [0.15, 0.2) is 0 Å². The third-order valence-electron chi connectivity index (χ3n) is 2.79. The van der Waals surface area contributed by atoms with Gasteiger partial charge in [-0.05, 0) is 48.0 Å². The molecule has 0 aliphatic carbocycles. The Morgan fingerprint density at radius 1 is 1.05 bits per heavy atom. The zero-order valence-electron chi connectivity index (χ0n) is 11.8. The summed E-state index contributed by atoms with van der Waals surface area (Å²) in [6.07, 6.45) is 2.78. The van der Waals surface area contributed by atoms with E-state index in [9.17, 15) is 14.9 Å². The maximum atomic E-state index is 11.7. The highest BCUT2D eigenvalue weighted by atomic mass is 16.6. The minimum atomic E-state index is -0.538. The molecule has 0 heterocycles. The summed E-state index contributed by atoms with van der Waals surface area (Å²) in [6.45, 7) is 0. The van der Waals surface area contributed by atoms with Crippen LogP contribution in [0.25, 0.3) is 6.08 Å². The van der Waals surface area contributed by atoms with Gasteiger partial charge in [-0.25, -0.2) is 4.79 Å². The van der Waals surface area contributed by atoms with E-state index in [0.717, 1.165) is 0 Å². The van der Waals surface area contributed by atoms with Crippen LogP contribution in [-0.4, -0.2) is 18.0 Å². The summed E-state index contributed by atoms with van der Waals surface area (Å²) in [4.78, 5) is 21.7. The maximum Gasteiger partial charge on any atom is 0.336 e. The van der Waals surface area contributed by atoms with Crippen molar-refractivity contribution in [1.29, 1.82) is 0 Å². The lowest BCUT2D eigenvalue weighted by Gasteiger charge is -2.02. The van der Waals surface area contributed by atoms with Crippen LogP contribution in [0.15, 0.2) is 54.6 Å². The number of carbonyl (C=O) groups excluding carboxylic acids is 1. The lowest BCUT2D eigenvalue weighted by atomic mass is 10.2. The molecule has 6 heteroatoms. The van der Waals surface area contributed by atoms with Crippen molar-refractivity contribution in [3.63, 3.8) is 0 Å². The fourth-order valence-electron chi connectivity index (χ4n) is 1.67. The van der Waals surface area contributed by atoms with E-state index in [0.29, 0.717) is 17.1 Å². The Balaban J connectivity index is 1.96. The summed E-state index contributed by atoms with van der Waals surface area (Å²) in [5.41, 5.74) is 0.662. The molecule has 0 radical (unpaired) electrons. The summed E-state index contributed by atoms with van der Waals surface area (Å²) in [6, 6.07) is 12.5. The molecule has 0 aromatic heterocycles. The molecular weight excluding hydrogens is 286 g/mol. The number of nitrogens with zero attached hydrogens (tertiary/aromatic N) is 1. The number of non-ortho nitro benzene ring substituents is 1. The Kier molecular flexibility index (Phi) is 4.87. The van der Waals surface area contributed by atoms with Gasteiger partial charge < -0.3 is 9.47 Å². The van der Waals surface area contributed by atoms with E-state index in [2.05, 4.69) is 0 Å². The molecule has 0 atom stereocenters. The van der Waals surface area contributed by atoms with Gasteiger partial charge >= 0.3 is 5.97 Å². The minimum absolute atomic E-state index is 0.00189. The Morgan fingerprint density at radius 3 is 2.18 bits per heavy atom. The fourth-order valence-corrected chi connectivity index (χ4v) is 1.67. The molecule has 22 heavy (non-hydrogen) atoms. The van der Waals surface area contributed by atoms with Gasteiger partial charge in [0.1, 0.15) is 11.5 Å². The predicted octanol–water partition coefficient (Wildman–Crippen LogP) is 3.22. The Labute approximate surface area is 126 Å². The summed E-state index contributed by atoms with van der Waals surface area (Å²) >= 11 is 0. The molecule has 6 nitrogen and oxygen atoms in total. The van der Waals surface area contributed by atoms with Crippen molar-refractivity contribution in [3.8, 4) is 11.5 Å². The molecule has 0 bridgehead atoms. The second-order valence-electron chi connectivity index (χ2n) is 4.28. The molecule has 2 rings (SSSR count). The zero-order chi connectivity index (χ0) is 15.9. The van der Waals surface area contributed by atoms with Crippen LogP contribution in [0.4, 0.5) is 5.69 Å². The summed E-state index contributed by atoms with van der Waals surface area (Å²) in [5, 5.41) is 10.5. The smallest absolute Gasteiger partial charge is 0.336 e. The van der Waals surface area contributed by atoms with Gasteiger partial charge in [-0.2, -0.15) is 0 Å². The zero-order valence-corrected chi connectivity index (χ0v) is 11.8. The topological polar surface area (TPSA) is 78.7 Å². The number of benzene rings is 2. The van der Waals surface area contributed by atoms with Gasteiger partial charge in [-0.15, -0.1) is 0 Å². The largest absolute Gasteiger partial charge is 0.497 e. The number of nitro benzene ring substituents is 1. The third kappa shape index (κ3) is 4.17. The van der Waals surface area contributed by atoms with Crippen molar-refractivity contribution in [2.75, 3.05) is 7.11 Å². The number of hydrogen-bond donors (Lipinski definition) is 0. The van der Waals surface area contributed by atoms with E-state index in [1.165, 1.54) is 24.3 Å². The summed E-state index contributed by atoms with van der Waals surface area (Å²) in [5.74, 6) is 0.531. The van der Waals surface area contributed by atoms with Crippen LogP contribution in [-0.2, 0) is 4.79 Å². The summed E-state index contributed by atoms with van der Waals surface area (Å²) < 4.78 is 10.1. The standard InChI is InChI=1S/C16H13NO5/c1-21-14-7-9-15(10-8-14)22-16(18)11-4-12-2-5-13(6-3-12)17(19)20/h2-11H,1H3.